The van der Waals surface area contributed by atoms with Crippen LogP contribution in [0, 0.1) is 13.8 Å². The summed E-state index contributed by atoms with van der Waals surface area (Å²) in [6.45, 7) is 1.09. The van der Waals surface area contributed by atoms with E-state index in [4.69, 9.17) is 14.2 Å². The van der Waals surface area contributed by atoms with Gasteiger partial charge in [0.1, 0.15) is 23.6 Å². The fourth-order valence-electron chi connectivity index (χ4n) is 2.76. The highest BCUT2D eigenvalue weighted by Crippen LogP contribution is 2.26. The lowest BCUT2D eigenvalue weighted by molar-refractivity contribution is -0.141. The number of benzene rings is 1. The van der Waals surface area contributed by atoms with E-state index < -0.39 is 31.1 Å². The molecule has 0 aliphatic carbocycles. The van der Waals surface area contributed by atoms with Crippen LogP contribution < -0.4 is 9.47 Å². The lowest BCUT2D eigenvalue weighted by Gasteiger charge is -2.12. The van der Waals surface area contributed by atoms with Gasteiger partial charge in [-0.3, -0.25) is 4.79 Å². The number of carbonyl (C=O) groups is 2. The number of aromatic nitrogens is 1. The van der Waals surface area contributed by atoms with E-state index >= 15 is 0 Å². The maximum Gasteiger partial charge on any atom is 0.406 e. The molecular weight excluding hydrogens is 379 g/mol. The summed E-state index contributed by atoms with van der Waals surface area (Å²) in [5, 5.41) is 0. The highest BCUT2D eigenvalue weighted by molar-refractivity contribution is 6.01. The van der Waals surface area contributed by atoms with Gasteiger partial charge in [0.25, 0.3) is 0 Å². The average molecular weight is 399 g/mol. The number of ketones is 1. The Morgan fingerprint density at radius 1 is 1.04 bits per heavy atom. The molecule has 0 amide bonds. The van der Waals surface area contributed by atoms with Crippen molar-refractivity contribution in [2.75, 3.05) is 20.8 Å². The average Bonchev–Trinajstić information content (AvgIpc) is 2.92. The van der Waals surface area contributed by atoms with E-state index in [-0.39, 0.29) is 22.6 Å². The van der Waals surface area contributed by atoms with Crippen LogP contribution in [-0.4, -0.2) is 43.3 Å². The van der Waals surface area contributed by atoms with E-state index in [0.717, 1.165) is 4.57 Å². The maximum atomic E-state index is 12.7. The molecule has 0 aliphatic rings. The fourth-order valence-corrected chi connectivity index (χ4v) is 2.76. The monoisotopic (exact) mass is 399 g/mol. The number of rotatable bonds is 7. The zero-order chi connectivity index (χ0) is 21.1. The lowest BCUT2D eigenvalue weighted by Crippen LogP contribution is -2.20. The molecule has 0 saturated carbocycles. The summed E-state index contributed by atoms with van der Waals surface area (Å²) < 4.78 is 54.2. The molecule has 0 spiro atoms. The number of nitrogens with zero attached hydrogens (tertiary/aromatic N) is 1. The van der Waals surface area contributed by atoms with Gasteiger partial charge in [-0.2, -0.15) is 13.2 Å². The Morgan fingerprint density at radius 3 is 2.29 bits per heavy atom. The maximum absolute atomic E-state index is 12.7. The van der Waals surface area contributed by atoms with Crippen molar-refractivity contribution < 1.29 is 37.0 Å². The number of alkyl halides is 3. The molecule has 6 nitrogen and oxygen atoms in total. The Balaban J connectivity index is 2.12. The molecule has 0 saturated heterocycles. The SMILES string of the molecule is COc1ccc(C(=O)OCC(=O)c2cc(C)n(CC(F)(F)F)c2C)c(OC)c1. The molecule has 28 heavy (non-hydrogen) atoms. The minimum atomic E-state index is -4.41. The first-order valence-electron chi connectivity index (χ1n) is 8.23. The van der Waals surface area contributed by atoms with Crippen LogP contribution in [0.2, 0.25) is 0 Å². The summed E-state index contributed by atoms with van der Waals surface area (Å²) in [4.78, 5) is 24.6. The number of ether oxygens (including phenoxy) is 3. The predicted molar refractivity (Wildman–Crippen MR) is 94.1 cm³/mol. The van der Waals surface area contributed by atoms with Gasteiger partial charge in [-0.25, -0.2) is 4.79 Å². The smallest absolute Gasteiger partial charge is 0.406 e. The standard InChI is InChI=1S/C19H20F3NO5/c1-11-7-15(12(2)23(11)10-19(20,21)22)16(24)9-28-18(25)14-6-5-13(26-3)8-17(14)27-4/h5-8H,9-10H2,1-4H3. The predicted octanol–water partition coefficient (Wildman–Crippen LogP) is 3.72. The molecule has 0 unspecified atom stereocenters. The number of Topliss-reactive ketones (excluding diaryl/α,β-unsaturated/α-hetero) is 1. The minimum Gasteiger partial charge on any atom is -0.497 e. The van der Waals surface area contributed by atoms with Crippen LogP contribution in [0.25, 0.3) is 0 Å². The van der Waals surface area contributed by atoms with E-state index in [1.165, 1.54) is 52.3 Å². The summed E-state index contributed by atoms with van der Waals surface area (Å²) in [6, 6.07) is 5.81. The van der Waals surface area contributed by atoms with E-state index in [0.29, 0.717) is 11.4 Å². The van der Waals surface area contributed by atoms with Gasteiger partial charge >= 0.3 is 12.1 Å². The van der Waals surface area contributed by atoms with Crippen LogP contribution in [0.1, 0.15) is 32.1 Å². The normalized spacial score (nSPS) is 11.2. The summed E-state index contributed by atoms with van der Waals surface area (Å²) >= 11 is 0. The molecule has 0 bridgehead atoms. The van der Waals surface area contributed by atoms with Gasteiger partial charge in [0, 0.05) is 23.0 Å². The van der Waals surface area contributed by atoms with Crippen molar-refractivity contribution in [1.29, 1.82) is 0 Å². The number of aryl methyl sites for hydroxylation is 1. The second-order valence-electron chi connectivity index (χ2n) is 6.05. The van der Waals surface area contributed by atoms with Gasteiger partial charge in [-0.1, -0.05) is 0 Å². The van der Waals surface area contributed by atoms with Crippen molar-refractivity contribution in [3.63, 3.8) is 0 Å². The van der Waals surface area contributed by atoms with Gasteiger partial charge in [0.2, 0.25) is 5.78 Å². The number of hydrogen-bond acceptors (Lipinski definition) is 5. The molecule has 0 radical (unpaired) electrons. The quantitative estimate of drug-likeness (QED) is 0.524. The molecule has 0 N–H and O–H groups in total. The van der Waals surface area contributed by atoms with Gasteiger partial charge < -0.3 is 18.8 Å². The number of halogens is 3. The zero-order valence-electron chi connectivity index (χ0n) is 15.8. The molecule has 1 aromatic heterocycles. The first kappa shape index (κ1) is 21.3. The first-order chi connectivity index (χ1) is 13.1. The third kappa shape index (κ3) is 4.85. The second-order valence-corrected chi connectivity index (χ2v) is 6.05. The molecule has 152 valence electrons. The van der Waals surface area contributed by atoms with Crippen LogP contribution in [0.3, 0.4) is 0 Å². The Bertz CT molecular complexity index is 886. The van der Waals surface area contributed by atoms with E-state index in [2.05, 4.69) is 0 Å². The van der Waals surface area contributed by atoms with Gasteiger partial charge in [-0.05, 0) is 32.0 Å². The fraction of sp³-hybridized carbons (Fsp3) is 0.368. The summed E-state index contributed by atoms with van der Waals surface area (Å²) in [7, 11) is 2.83. The van der Waals surface area contributed by atoms with Gasteiger partial charge in [0.05, 0.1) is 14.2 Å². The molecule has 2 rings (SSSR count). The van der Waals surface area contributed by atoms with Crippen LogP contribution >= 0.6 is 0 Å². The highest BCUT2D eigenvalue weighted by atomic mass is 19.4. The minimum absolute atomic E-state index is 0.0799. The van der Waals surface area contributed by atoms with Crippen LogP contribution in [-0.2, 0) is 11.3 Å². The molecule has 0 fully saturated rings. The topological polar surface area (TPSA) is 66.8 Å². The Kier molecular flexibility index (Phi) is 6.37. The van der Waals surface area contributed by atoms with Crippen molar-refractivity contribution in [2.45, 2.75) is 26.6 Å². The Morgan fingerprint density at radius 2 is 1.71 bits per heavy atom. The van der Waals surface area contributed by atoms with Gasteiger partial charge in [0.15, 0.2) is 6.61 Å². The van der Waals surface area contributed by atoms with E-state index in [1.807, 2.05) is 0 Å². The summed E-state index contributed by atoms with van der Waals surface area (Å²) in [5.41, 5.74) is 0.633. The Labute approximate surface area is 159 Å². The van der Waals surface area contributed by atoms with E-state index in [1.54, 1.807) is 0 Å². The van der Waals surface area contributed by atoms with Crippen LogP contribution in [0.4, 0.5) is 13.2 Å². The molecule has 2 aromatic rings. The molecule has 0 aliphatic heterocycles. The molecular formula is C19H20F3NO5. The lowest BCUT2D eigenvalue weighted by atomic mass is 10.1. The number of esters is 1. The summed E-state index contributed by atoms with van der Waals surface area (Å²) in [5.74, 6) is -0.707. The number of carbonyl (C=O) groups excluding carboxylic acids is 2. The van der Waals surface area contributed by atoms with Crippen molar-refractivity contribution in [1.82, 2.24) is 4.57 Å². The third-order valence-electron chi connectivity index (χ3n) is 4.17. The number of methoxy groups -OCH3 is 2. The van der Waals surface area contributed by atoms with Crippen molar-refractivity contribution in [2.24, 2.45) is 0 Å². The van der Waals surface area contributed by atoms with Crippen molar-refractivity contribution >= 4 is 11.8 Å². The number of hydrogen-bond donors (Lipinski definition) is 0. The molecule has 1 aromatic carbocycles. The zero-order valence-corrected chi connectivity index (χ0v) is 15.8. The van der Waals surface area contributed by atoms with Crippen molar-refractivity contribution in [3.8, 4) is 11.5 Å². The Hall–Kier alpha value is -2.97. The van der Waals surface area contributed by atoms with Crippen molar-refractivity contribution in [3.05, 3.63) is 46.8 Å². The first-order valence-corrected chi connectivity index (χ1v) is 8.23. The van der Waals surface area contributed by atoms with Gasteiger partial charge in [-0.15, -0.1) is 0 Å². The largest absolute Gasteiger partial charge is 0.497 e. The second kappa shape index (κ2) is 8.37. The molecule has 9 heteroatoms. The highest BCUT2D eigenvalue weighted by Gasteiger charge is 2.30. The van der Waals surface area contributed by atoms with Crippen LogP contribution in [0.5, 0.6) is 11.5 Å². The summed E-state index contributed by atoms with van der Waals surface area (Å²) in [6.07, 6.45) is -4.41. The van der Waals surface area contributed by atoms with Crippen LogP contribution in [0.15, 0.2) is 24.3 Å². The molecule has 1 heterocycles. The van der Waals surface area contributed by atoms with E-state index in [9.17, 15) is 22.8 Å². The third-order valence-corrected chi connectivity index (χ3v) is 4.17. The molecule has 0 atom stereocenters.